The Morgan fingerprint density at radius 1 is 1.15 bits per heavy atom. The highest BCUT2D eigenvalue weighted by molar-refractivity contribution is 5.79. The maximum Gasteiger partial charge on any atom is 0.137 e. The number of aromatic nitrogens is 2. The first-order valence-electron chi connectivity index (χ1n) is 4.19. The summed E-state index contributed by atoms with van der Waals surface area (Å²) in [5.74, 6) is 0. The summed E-state index contributed by atoms with van der Waals surface area (Å²) in [4.78, 5) is 4.42. The van der Waals surface area contributed by atoms with Gasteiger partial charge in [-0.05, 0) is 18.2 Å². The van der Waals surface area contributed by atoms with Crippen molar-refractivity contribution in [2.24, 2.45) is 0 Å². The van der Waals surface area contributed by atoms with Gasteiger partial charge in [0.05, 0.1) is 11.0 Å². The number of nitrogens with zero attached hydrogens (tertiary/aromatic N) is 2. The molecule has 0 fully saturated rings. The topological polar surface area (TPSA) is 17.3 Å². The predicted molar refractivity (Wildman–Crippen MR) is 51.5 cm³/mol. The summed E-state index contributed by atoms with van der Waals surface area (Å²) in [6.07, 6.45) is 2.01. The second-order valence-corrected chi connectivity index (χ2v) is 2.94. The molecule has 0 N–H and O–H groups in total. The summed E-state index contributed by atoms with van der Waals surface area (Å²) in [6.45, 7) is 0. The number of fused-ring (bicyclic) bond motifs is 3. The Morgan fingerprint density at radius 3 is 3.15 bits per heavy atom. The molecule has 1 aromatic carbocycles. The van der Waals surface area contributed by atoms with E-state index < -0.39 is 0 Å². The van der Waals surface area contributed by atoms with E-state index >= 15 is 0 Å². The molecule has 0 bridgehead atoms. The van der Waals surface area contributed by atoms with Crippen LogP contribution in [-0.2, 0) is 0 Å². The molecular weight excluding hydrogens is 160 g/mol. The first kappa shape index (κ1) is 6.66. The molecule has 0 saturated carbocycles. The van der Waals surface area contributed by atoms with Crippen molar-refractivity contribution < 1.29 is 0 Å². The highest BCUT2D eigenvalue weighted by Crippen LogP contribution is 2.14. The molecule has 0 aliphatic heterocycles. The summed E-state index contributed by atoms with van der Waals surface area (Å²) in [5, 5.41) is 0. The number of rotatable bonds is 0. The second kappa shape index (κ2) is 2.33. The molecular formula is C11H7N2. The third-order valence-corrected chi connectivity index (χ3v) is 2.14. The first-order chi connectivity index (χ1) is 6.45. The number of benzene rings is 1. The van der Waals surface area contributed by atoms with E-state index in [4.69, 9.17) is 0 Å². The van der Waals surface area contributed by atoms with Crippen LogP contribution in [0.5, 0.6) is 0 Å². The Morgan fingerprint density at radius 2 is 2.15 bits per heavy atom. The zero-order valence-corrected chi connectivity index (χ0v) is 6.94. The number of para-hydroxylation sites is 1. The van der Waals surface area contributed by atoms with Crippen LogP contribution in [0.25, 0.3) is 16.7 Å². The van der Waals surface area contributed by atoms with Crippen LogP contribution in [0, 0.1) is 6.07 Å². The fourth-order valence-electron chi connectivity index (χ4n) is 1.55. The quantitative estimate of drug-likeness (QED) is 0.502. The molecule has 3 aromatic rings. The molecule has 3 rings (SSSR count). The van der Waals surface area contributed by atoms with Gasteiger partial charge < -0.3 is 0 Å². The van der Waals surface area contributed by atoms with Gasteiger partial charge in [0.25, 0.3) is 0 Å². The summed E-state index contributed by atoms with van der Waals surface area (Å²) < 4.78 is 2.06. The molecule has 0 spiro atoms. The van der Waals surface area contributed by atoms with Gasteiger partial charge in [0.2, 0.25) is 0 Å². The predicted octanol–water partition coefficient (Wildman–Crippen LogP) is 2.29. The molecule has 0 unspecified atom stereocenters. The van der Waals surface area contributed by atoms with Gasteiger partial charge in [-0.15, -0.1) is 0 Å². The molecule has 0 saturated heterocycles. The van der Waals surface area contributed by atoms with Crippen molar-refractivity contribution in [3.63, 3.8) is 0 Å². The van der Waals surface area contributed by atoms with Crippen LogP contribution in [0.1, 0.15) is 0 Å². The van der Waals surface area contributed by atoms with Crippen LogP contribution < -0.4 is 0 Å². The molecule has 61 valence electrons. The number of hydrogen-bond donors (Lipinski definition) is 0. The average Bonchev–Trinajstić information content (AvgIpc) is 2.56. The maximum atomic E-state index is 4.42. The molecule has 2 heterocycles. The van der Waals surface area contributed by atoms with E-state index in [2.05, 4.69) is 15.5 Å². The standard InChI is InChI=1S/C11H7N2/c1-2-6-10-9(5-1)12-11-7-3-4-8-13(10)11/h1-4,6-8H. The molecule has 0 amide bonds. The third kappa shape index (κ3) is 0.855. The molecule has 2 aromatic heterocycles. The lowest BCUT2D eigenvalue weighted by atomic mass is 10.3. The average molecular weight is 167 g/mol. The monoisotopic (exact) mass is 167 g/mol. The van der Waals surface area contributed by atoms with Crippen LogP contribution >= 0.6 is 0 Å². The van der Waals surface area contributed by atoms with Gasteiger partial charge in [-0.1, -0.05) is 18.2 Å². The van der Waals surface area contributed by atoms with Gasteiger partial charge in [-0.2, -0.15) is 0 Å². The molecule has 0 aliphatic rings. The van der Waals surface area contributed by atoms with Gasteiger partial charge in [0.15, 0.2) is 0 Å². The van der Waals surface area contributed by atoms with Crippen molar-refractivity contribution >= 4 is 16.7 Å². The minimum absolute atomic E-state index is 0.925. The van der Waals surface area contributed by atoms with Crippen molar-refractivity contribution in [1.29, 1.82) is 0 Å². The molecule has 0 aliphatic carbocycles. The highest BCUT2D eigenvalue weighted by Gasteiger charge is 2.00. The Hall–Kier alpha value is -1.83. The fourth-order valence-corrected chi connectivity index (χ4v) is 1.55. The van der Waals surface area contributed by atoms with Gasteiger partial charge in [0.1, 0.15) is 5.65 Å². The van der Waals surface area contributed by atoms with E-state index in [9.17, 15) is 0 Å². The second-order valence-electron chi connectivity index (χ2n) is 2.94. The van der Waals surface area contributed by atoms with E-state index in [0.717, 1.165) is 16.7 Å². The summed E-state index contributed by atoms with van der Waals surface area (Å²) >= 11 is 0. The van der Waals surface area contributed by atoms with Gasteiger partial charge in [-0.25, -0.2) is 4.98 Å². The van der Waals surface area contributed by atoms with Crippen molar-refractivity contribution in [3.05, 3.63) is 48.7 Å². The van der Waals surface area contributed by atoms with Crippen LogP contribution in [-0.4, -0.2) is 9.38 Å². The van der Waals surface area contributed by atoms with E-state index in [1.807, 2.05) is 42.6 Å². The zero-order chi connectivity index (χ0) is 8.67. The van der Waals surface area contributed by atoms with Crippen molar-refractivity contribution in [2.45, 2.75) is 0 Å². The van der Waals surface area contributed by atoms with Gasteiger partial charge in [-0.3, -0.25) is 4.40 Å². The minimum Gasteiger partial charge on any atom is -0.300 e. The Labute approximate surface area is 75.5 Å². The molecule has 2 heteroatoms. The first-order valence-corrected chi connectivity index (χ1v) is 4.19. The summed E-state index contributed by atoms with van der Waals surface area (Å²) in [6, 6.07) is 15.0. The number of imidazole rings is 1. The lowest BCUT2D eigenvalue weighted by Gasteiger charge is -1.91. The number of pyridine rings is 1. The Kier molecular flexibility index (Phi) is 1.19. The maximum absolute atomic E-state index is 4.42. The van der Waals surface area contributed by atoms with Crippen LogP contribution in [0.3, 0.4) is 0 Å². The van der Waals surface area contributed by atoms with E-state index in [1.54, 1.807) is 0 Å². The normalized spacial score (nSPS) is 11.1. The highest BCUT2D eigenvalue weighted by atomic mass is 15.0. The number of hydrogen-bond acceptors (Lipinski definition) is 1. The largest absolute Gasteiger partial charge is 0.300 e. The SMILES string of the molecule is [c]1cccc2c1nc1ccccn12. The van der Waals surface area contributed by atoms with E-state index in [0.29, 0.717) is 0 Å². The molecule has 13 heavy (non-hydrogen) atoms. The van der Waals surface area contributed by atoms with E-state index in [-0.39, 0.29) is 0 Å². The summed E-state index contributed by atoms with van der Waals surface area (Å²) in [5.41, 5.74) is 3.01. The Bertz CT molecular complexity index is 516. The smallest absolute Gasteiger partial charge is 0.137 e. The lowest BCUT2D eigenvalue weighted by molar-refractivity contribution is 1.23. The van der Waals surface area contributed by atoms with Crippen molar-refractivity contribution in [2.75, 3.05) is 0 Å². The lowest BCUT2D eigenvalue weighted by Crippen LogP contribution is -1.80. The Balaban J connectivity index is 2.64. The van der Waals surface area contributed by atoms with Crippen LogP contribution in [0.2, 0.25) is 0 Å². The van der Waals surface area contributed by atoms with Gasteiger partial charge >= 0.3 is 0 Å². The van der Waals surface area contributed by atoms with Crippen molar-refractivity contribution in [1.82, 2.24) is 9.38 Å². The van der Waals surface area contributed by atoms with Crippen LogP contribution in [0.4, 0.5) is 0 Å². The van der Waals surface area contributed by atoms with Crippen LogP contribution in [0.15, 0.2) is 42.6 Å². The van der Waals surface area contributed by atoms with Gasteiger partial charge in [0, 0.05) is 12.3 Å². The minimum atomic E-state index is 0.925. The molecule has 0 atom stereocenters. The third-order valence-electron chi connectivity index (χ3n) is 2.14. The molecule has 2 nitrogen and oxygen atoms in total. The fraction of sp³-hybridized carbons (Fsp3) is 0. The zero-order valence-electron chi connectivity index (χ0n) is 6.94. The summed E-state index contributed by atoms with van der Waals surface area (Å²) in [7, 11) is 0. The van der Waals surface area contributed by atoms with Crippen molar-refractivity contribution in [3.8, 4) is 0 Å². The van der Waals surface area contributed by atoms with E-state index in [1.165, 1.54) is 0 Å². The molecule has 1 radical (unpaired) electrons.